The van der Waals surface area contributed by atoms with Crippen LogP contribution in [0.2, 0.25) is 0 Å². The van der Waals surface area contributed by atoms with E-state index >= 15 is 0 Å². The van der Waals surface area contributed by atoms with Crippen LogP contribution in [0.25, 0.3) is 0 Å². The van der Waals surface area contributed by atoms with E-state index in [0.29, 0.717) is 6.54 Å². The summed E-state index contributed by atoms with van der Waals surface area (Å²) in [5.74, 6) is -2.79. The second kappa shape index (κ2) is 10.3. The van der Waals surface area contributed by atoms with Gasteiger partial charge in [0.15, 0.2) is 0 Å². The van der Waals surface area contributed by atoms with E-state index in [9.17, 15) is 24.3 Å². The van der Waals surface area contributed by atoms with Crippen LogP contribution in [0.1, 0.15) is 57.4 Å². The van der Waals surface area contributed by atoms with Crippen molar-refractivity contribution in [3.63, 3.8) is 0 Å². The normalized spacial score (nSPS) is 23.8. The summed E-state index contributed by atoms with van der Waals surface area (Å²) in [6.45, 7) is 7.58. The van der Waals surface area contributed by atoms with Gasteiger partial charge in [0, 0.05) is 18.9 Å². The smallest absolute Gasteiger partial charge is 0.326 e. The van der Waals surface area contributed by atoms with Gasteiger partial charge in [0.05, 0.1) is 6.20 Å². The maximum absolute atomic E-state index is 13.4. The quantitative estimate of drug-likeness (QED) is 0.528. The highest BCUT2D eigenvalue weighted by atomic mass is 16.4. The zero-order chi connectivity index (χ0) is 24.3. The van der Waals surface area contributed by atoms with Gasteiger partial charge in [-0.25, -0.2) is 9.78 Å². The molecule has 1 aliphatic carbocycles. The number of carboxylic acids is 1. The lowest BCUT2D eigenvalue weighted by Gasteiger charge is -2.32. The molecule has 0 radical (unpaired) electrons. The van der Waals surface area contributed by atoms with E-state index in [2.05, 4.69) is 20.6 Å². The molecule has 1 saturated carbocycles. The number of rotatable bonds is 8. The highest BCUT2D eigenvalue weighted by Gasteiger charge is 2.51. The Bertz CT molecular complexity index is 890. The molecule has 1 aromatic rings. The SMILES string of the molecule is CC(C)C(NC(=O)[C@@H](NC(=O)c1cnccn1)C(C)C)C(=O)N1C[C@@H]2CCC[C@@H]2C1C(=O)O. The minimum Gasteiger partial charge on any atom is -0.480 e. The molecule has 10 nitrogen and oxygen atoms in total. The minimum atomic E-state index is -0.997. The number of nitrogens with one attached hydrogen (secondary N) is 2. The molecule has 2 fully saturated rings. The standard InChI is InChI=1S/C23H33N5O5/c1-12(2)17(26-20(29)16-10-24-8-9-25-16)21(30)27-18(13(3)4)22(31)28-11-14-6-5-7-15(14)19(28)23(32)33/h8-10,12-15,17-19H,5-7,11H2,1-4H3,(H,26,29)(H,27,30)(H,32,33)/t14-,15-,17-,18?,19?/m0/s1. The molecule has 2 heterocycles. The average molecular weight is 460 g/mol. The molecule has 180 valence electrons. The van der Waals surface area contributed by atoms with Crippen LogP contribution in [0.5, 0.6) is 0 Å². The fourth-order valence-corrected chi connectivity index (χ4v) is 4.95. The van der Waals surface area contributed by atoms with Gasteiger partial charge in [-0.2, -0.15) is 0 Å². The largest absolute Gasteiger partial charge is 0.480 e. The molecule has 1 aliphatic heterocycles. The van der Waals surface area contributed by atoms with Gasteiger partial charge in [-0.3, -0.25) is 19.4 Å². The van der Waals surface area contributed by atoms with Crippen LogP contribution in [-0.4, -0.2) is 68.3 Å². The third-order valence-electron chi connectivity index (χ3n) is 6.69. The van der Waals surface area contributed by atoms with Crippen LogP contribution in [0.4, 0.5) is 0 Å². The number of carbonyl (C=O) groups excluding carboxylic acids is 3. The topological polar surface area (TPSA) is 142 Å². The lowest BCUT2D eigenvalue weighted by atomic mass is 9.94. The summed E-state index contributed by atoms with van der Waals surface area (Å²) in [5.41, 5.74) is 0.0837. The van der Waals surface area contributed by atoms with Crippen LogP contribution in [0.3, 0.4) is 0 Å². The van der Waals surface area contributed by atoms with Gasteiger partial charge in [-0.05, 0) is 36.5 Å². The first-order chi connectivity index (χ1) is 15.6. The van der Waals surface area contributed by atoms with Crippen molar-refractivity contribution in [2.45, 2.75) is 65.1 Å². The molecule has 1 saturated heterocycles. The number of aromatic nitrogens is 2. The number of carbonyl (C=O) groups is 4. The monoisotopic (exact) mass is 459 g/mol. The number of fused-ring (bicyclic) bond motifs is 1. The molecule has 0 aromatic carbocycles. The maximum Gasteiger partial charge on any atom is 0.326 e. The van der Waals surface area contributed by atoms with Crippen LogP contribution in [0.15, 0.2) is 18.6 Å². The van der Waals surface area contributed by atoms with Crippen LogP contribution in [0, 0.1) is 23.7 Å². The second-order valence-electron chi connectivity index (χ2n) is 9.64. The lowest BCUT2D eigenvalue weighted by molar-refractivity contribution is -0.151. The van der Waals surface area contributed by atoms with E-state index in [0.717, 1.165) is 19.3 Å². The zero-order valence-corrected chi connectivity index (χ0v) is 19.5. The lowest BCUT2D eigenvalue weighted by Crippen LogP contribution is -2.58. The molecule has 33 heavy (non-hydrogen) atoms. The van der Waals surface area contributed by atoms with Crippen molar-refractivity contribution in [1.82, 2.24) is 25.5 Å². The molecule has 1 aromatic heterocycles. The van der Waals surface area contributed by atoms with E-state index < -0.39 is 35.9 Å². The Hall–Kier alpha value is -3.04. The number of hydrogen-bond donors (Lipinski definition) is 3. The summed E-state index contributed by atoms with van der Waals surface area (Å²) >= 11 is 0. The summed E-state index contributed by atoms with van der Waals surface area (Å²) in [6.07, 6.45) is 6.83. The molecule has 0 spiro atoms. The molecule has 3 amide bonds. The summed E-state index contributed by atoms with van der Waals surface area (Å²) in [4.78, 5) is 60.4. The molecule has 2 aliphatic rings. The average Bonchev–Trinajstić information content (AvgIpc) is 3.36. The highest BCUT2D eigenvalue weighted by Crippen LogP contribution is 2.42. The van der Waals surface area contributed by atoms with Crippen molar-refractivity contribution < 1.29 is 24.3 Å². The fraction of sp³-hybridized carbons (Fsp3) is 0.652. The predicted octanol–water partition coefficient (Wildman–Crippen LogP) is 1.08. The number of likely N-dealkylation sites (tertiary alicyclic amines) is 1. The third-order valence-corrected chi connectivity index (χ3v) is 6.69. The molecule has 3 rings (SSSR count). The van der Waals surface area contributed by atoms with Gasteiger partial charge >= 0.3 is 5.97 Å². The number of hydrogen-bond acceptors (Lipinski definition) is 6. The Balaban J connectivity index is 1.74. The van der Waals surface area contributed by atoms with E-state index in [1.165, 1.54) is 23.5 Å². The van der Waals surface area contributed by atoms with Gasteiger partial charge < -0.3 is 20.6 Å². The first-order valence-electron chi connectivity index (χ1n) is 11.5. The van der Waals surface area contributed by atoms with Crippen molar-refractivity contribution >= 4 is 23.7 Å². The van der Waals surface area contributed by atoms with E-state index in [4.69, 9.17) is 0 Å². The Kier molecular flexibility index (Phi) is 7.65. The molecule has 0 bridgehead atoms. The highest BCUT2D eigenvalue weighted by molar-refractivity contribution is 5.97. The van der Waals surface area contributed by atoms with Crippen LogP contribution in [-0.2, 0) is 14.4 Å². The maximum atomic E-state index is 13.4. The zero-order valence-electron chi connectivity index (χ0n) is 19.5. The molecule has 2 unspecified atom stereocenters. The fourth-order valence-electron chi connectivity index (χ4n) is 4.95. The molecular formula is C23H33N5O5. The molecule has 5 atom stereocenters. The van der Waals surface area contributed by atoms with Crippen molar-refractivity contribution in [3.05, 3.63) is 24.3 Å². The van der Waals surface area contributed by atoms with Crippen molar-refractivity contribution in [1.29, 1.82) is 0 Å². The number of carboxylic acid groups (broad SMARTS) is 1. The van der Waals surface area contributed by atoms with E-state index in [1.807, 2.05) is 0 Å². The van der Waals surface area contributed by atoms with Crippen molar-refractivity contribution in [2.75, 3.05) is 6.54 Å². The number of amides is 3. The third kappa shape index (κ3) is 5.31. The number of nitrogens with zero attached hydrogens (tertiary/aromatic N) is 3. The van der Waals surface area contributed by atoms with Gasteiger partial charge in [0.25, 0.3) is 5.91 Å². The minimum absolute atomic E-state index is 0.0374. The predicted molar refractivity (Wildman–Crippen MR) is 119 cm³/mol. The van der Waals surface area contributed by atoms with E-state index in [1.54, 1.807) is 27.7 Å². The van der Waals surface area contributed by atoms with Crippen molar-refractivity contribution in [3.8, 4) is 0 Å². The summed E-state index contributed by atoms with van der Waals surface area (Å²) in [5, 5.41) is 15.3. The van der Waals surface area contributed by atoms with E-state index in [-0.39, 0.29) is 35.3 Å². The van der Waals surface area contributed by atoms with Gasteiger partial charge in [-0.15, -0.1) is 0 Å². The van der Waals surface area contributed by atoms with Crippen molar-refractivity contribution in [2.24, 2.45) is 23.7 Å². The second-order valence-corrected chi connectivity index (χ2v) is 9.64. The summed E-state index contributed by atoms with van der Waals surface area (Å²) in [7, 11) is 0. The first-order valence-corrected chi connectivity index (χ1v) is 11.5. The van der Waals surface area contributed by atoms with Gasteiger partial charge in [0.1, 0.15) is 23.8 Å². The van der Waals surface area contributed by atoms with Gasteiger partial charge in [-0.1, -0.05) is 34.1 Å². The Labute approximate surface area is 193 Å². The summed E-state index contributed by atoms with van der Waals surface area (Å²) < 4.78 is 0. The van der Waals surface area contributed by atoms with Crippen LogP contribution < -0.4 is 10.6 Å². The molecule has 10 heteroatoms. The summed E-state index contributed by atoms with van der Waals surface area (Å²) in [6, 6.07) is -2.66. The Morgan fingerprint density at radius 2 is 1.73 bits per heavy atom. The molecular weight excluding hydrogens is 426 g/mol. The van der Waals surface area contributed by atoms with Gasteiger partial charge in [0.2, 0.25) is 11.8 Å². The first kappa shape index (κ1) is 24.6. The molecule has 3 N–H and O–H groups in total. The van der Waals surface area contributed by atoms with Crippen LogP contribution >= 0.6 is 0 Å². The number of aliphatic carboxylic acids is 1. The Morgan fingerprint density at radius 3 is 2.30 bits per heavy atom. The Morgan fingerprint density at radius 1 is 1.03 bits per heavy atom.